The van der Waals surface area contributed by atoms with Crippen LogP contribution in [0.25, 0.3) is 10.8 Å². The lowest BCUT2D eigenvalue weighted by Gasteiger charge is -2.39. The van der Waals surface area contributed by atoms with Crippen molar-refractivity contribution >= 4 is 16.6 Å². The number of ether oxygens (including phenoxy) is 2. The Hall–Kier alpha value is -1.97. The van der Waals surface area contributed by atoms with Gasteiger partial charge in [0, 0.05) is 17.1 Å². The fraction of sp³-hybridized carbons (Fsp3) is 0.400. The number of fused-ring (bicyclic) bond motifs is 2. The minimum absolute atomic E-state index is 0.192. The van der Waals surface area contributed by atoms with Gasteiger partial charge >= 0.3 is 0 Å². The Balaban J connectivity index is 1.82. The summed E-state index contributed by atoms with van der Waals surface area (Å²) in [4.78, 5) is 4.49. The van der Waals surface area contributed by atoms with Gasteiger partial charge in [-0.2, -0.15) is 0 Å². The van der Waals surface area contributed by atoms with Crippen LogP contribution < -0.4 is 14.8 Å². The number of benzene rings is 1. The van der Waals surface area contributed by atoms with E-state index in [1.807, 2.05) is 24.4 Å². The summed E-state index contributed by atoms with van der Waals surface area (Å²) in [6, 6.07) is 6.05. The number of anilines is 1. The van der Waals surface area contributed by atoms with Crippen LogP contribution in [-0.2, 0) is 0 Å². The molecule has 0 unspecified atom stereocenters. The van der Waals surface area contributed by atoms with Crippen LogP contribution in [0.4, 0.5) is 5.82 Å². The van der Waals surface area contributed by atoms with E-state index < -0.39 is 0 Å². The van der Waals surface area contributed by atoms with Crippen LogP contribution in [0.5, 0.6) is 11.5 Å². The van der Waals surface area contributed by atoms with Gasteiger partial charge in [-0.05, 0) is 49.8 Å². The van der Waals surface area contributed by atoms with Gasteiger partial charge in [0.1, 0.15) is 5.82 Å². The molecule has 0 amide bonds. The fourth-order valence-electron chi connectivity index (χ4n) is 2.78. The minimum atomic E-state index is 0.192. The van der Waals surface area contributed by atoms with E-state index in [1.54, 1.807) is 0 Å². The predicted molar refractivity (Wildman–Crippen MR) is 73.7 cm³/mol. The van der Waals surface area contributed by atoms with Crippen molar-refractivity contribution in [3.05, 3.63) is 24.4 Å². The number of hydrogen-bond acceptors (Lipinski definition) is 4. The van der Waals surface area contributed by atoms with Crippen LogP contribution in [0.2, 0.25) is 0 Å². The third-order valence-corrected chi connectivity index (χ3v) is 4.13. The van der Waals surface area contributed by atoms with Crippen molar-refractivity contribution in [3.63, 3.8) is 0 Å². The van der Waals surface area contributed by atoms with Gasteiger partial charge in [-0.1, -0.05) is 0 Å². The highest BCUT2D eigenvalue weighted by Crippen LogP contribution is 2.40. The second kappa shape index (κ2) is 3.76. The number of pyridine rings is 1. The maximum absolute atomic E-state index is 5.45. The van der Waals surface area contributed by atoms with Crippen LogP contribution >= 0.6 is 0 Å². The molecule has 4 nitrogen and oxygen atoms in total. The Morgan fingerprint density at radius 3 is 2.74 bits per heavy atom. The summed E-state index contributed by atoms with van der Waals surface area (Å²) in [5.74, 6) is 2.57. The molecule has 0 atom stereocenters. The van der Waals surface area contributed by atoms with E-state index in [2.05, 4.69) is 17.2 Å². The summed E-state index contributed by atoms with van der Waals surface area (Å²) in [6.45, 7) is 2.56. The molecule has 4 heteroatoms. The zero-order chi connectivity index (χ0) is 12.9. The lowest BCUT2D eigenvalue weighted by atomic mass is 9.78. The lowest BCUT2D eigenvalue weighted by molar-refractivity contribution is 0.174. The van der Waals surface area contributed by atoms with E-state index in [4.69, 9.17) is 9.47 Å². The minimum Gasteiger partial charge on any atom is -0.454 e. The highest BCUT2D eigenvalue weighted by atomic mass is 16.7. The molecular weight excluding hydrogens is 240 g/mol. The highest BCUT2D eigenvalue weighted by molar-refractivity contribution is 5.94. The summed E-state index contributed by atoms with van der Waals surface area (Å²) >= 11 is 0. The third kappa shape index (κ3) is 1.70. The van der Waals surface area contributed by atoms with Crippen molar-refractivity contribution in [2.24, 2.45) is 0 Å². The average molecular weight is 256 g/mol. The first-order valence-corrected chi connectivity index (χ1v) is 6.70. The Kier molecular flexibility index (Phi) is 2.16. The molecule has 2 aromatic rings. The monoisotopic (exact) mass is 256 g/mol. The van der Waals surface area contributed by atoms with E-state index in [-0.39, 0.29) is 5.54 Å². The van der Waals surface area contributed by atoms with Crippen molar-refractivity contribution in [3.8, 4) is 11.5 Å². The van der Waals surface area contributed by atoms with Crippen LogP contribution in [0.1, 0.15) is 26.2 Å². The van der Waals surface area contributed by atoms with Crippen molar-refractivity contribution in [2.75, 3.05) is 12.1 Å². The zero-order valence-electron chi connectivity index (χ0n) is 10.9. The van der Waals surface area contributed by atoms with Gasteiger partial charge in [-0.15, -0.1) is 0 Å². The Bertz CT molecular complexity index is 650. The molecule has 2 aliphatic rings. The molecule has 2 heterocycles. The van der Waals surface area contributed by atoms with Crippen LogP contribution in [0, 0.1) is 0 Å². The first-order chi connectivity index (χ1) is 9.23. The van der Waals surface area contributed by atoms with Crippen molar-refractivity contribution < 1.29 is 9.47 Å². The molecule has 1 N–H and O–H groups in total. The van der Waals surface area contributed by atoms with Crippen LogP contribution in [-0.4, -0.2) is 17.3 Å². The molecule has 0 saturated heterocycles. The summed E-state index contributed by atoms with van der Waals surface area (Å²) in [5, 5.41) is 5.81. The molecule has 0 spiro atoms. The Labute approximate surface area is 111 Å². The molecule has 1 saturated carbocycles. The van der Waals surface area contributed by atoms with E-state index in [9.17, 15) is 0 Å². The number of aromatic nitrogens is 1. The summed E-state index contributed by atoms with van der Waals surface area (Å²) < 4.78 is 10.9. The van der Waals surface area contributed by atoms with E-state index in [1.165, 1.54) is 19.3 Å². The Morgan fingerprint density at radius 1 is 1.21 bits per heavy atom. The smallest absolute Gasteiger partial charge is 0.231 e. The standard InChI is InChI=1S/C15H16N2O2/c1-15(4-2-5-15)17-14-11-8-13-12(18-9-19-13)7-10(11)3-6-16-14/h3,6-8H,2,4-5,9H2,1H3,(H,16,17). The van der Waals surface area contributed by atoms with Crippen LogP contribution in [0.3, 0.4) is 0 Å². The van der Waals surface area contributed by atoms with Gasteiger partial charge < -0.3 is 14.8 Å². The topological polar surface area (TPSA) is 43.4 Å². The molecule has 1 aromatic heterocycles. The van der Waals surface area contributed by atoms with Gasteiger partial charge in [0.05, 0.1) is 0 Å². The molecular formula is C15H16N2O2. The Morgan fingerprint density at radius 2 is 2.00 bits per heavy atom. The SMILES string of the molecule is CC1(Nc2nccc3cc4c(cc23)OCO4)CCC1. The molecule has 1 aliphatic carbocycles. The molecule has 98 valence electrons. The second-order valence-corrected chi connectivity index (χ2v) is 5.63. The third-order valence-electron chi connectivity index (χ3n) is 4.13. The quantitative estimate of drug-likeness (QED) is 0.895. The molecule has 1 fully saturated rings. The fourth-order valence-corrected chi connectivity index (χ4v) is 2.78. The van der Waals surface area contributed by atoms with Gasteiger partial charge in [-0.3, -0.25) is 0 Å². The van der Waals surface area contributed by atoms with Gasteiger partial charge in [-0.25, -0.2) is 4.98 Å². The molecule has 1 aliphatic heterocycles. The first kappa shape index (κ1) is 10.9. The second-order valence-electron chi connectivity index (χ2n) is 5.63. The van der Waals surface area contributed by atoms with Gasteiger partial charge in [0.15, 0.2) is 11.5 Å². The zero-order valence-corrected chi connectivity index (χ0v) is 10.9. The number of nitrogens with one attached hydrogen (secondary N) is 1. The van der Waals surface area contributed by atoms with Crippen molar-refractivity contribution in [2.45, 2.75) is 31.7 Å². The van der Waals surface area contributed by atoms with Crippen molar-refractivity contribution in [1.82, 2.24) is 4.98 Å². The van der Waals surface area contributed by atoms with Gasteiger partial charge in [0.25, 0.3) is 0 Å². The van der Waals surface area contributed by atoms with E-state index in [0.29, 0.717) is 6.79 Å². The number of hydrogen-bond donors (Lipinski definition) is 1. The molecule has 0 radical (unpaired) electrons. The summed E-state index contributed by atoms with van der Waals surface area (Å²) in [6.07, 6.45) is 5.54. The summed E-state index contributed by atoms with van der Waals surface area (Å²) in [7, 11) is 0. The maximum atomic E-state index is 5.45. The molecule has 4 rings (SSSR count). The van der Waals surface area contributed by atoms with E-state index in [0.717, 1.165) is 28.1 Å². The largest absolute Gasteiger partial charge is 0.454 e. The average Bonchev–Trinajstić information content (AvgIpc) is 2.82. The van der Waals surface area contributed by atoms with E-state index >= 15 is 0 Å². The molecule has 1 aromatic carbocycles. The van der Waals surface area contributed by atoms with Crippen molar-refractivity contribution in [1.29, 1.82) is 0 Å². The first-order valence-electron chi connectivity index (χ1n) is 6.70. The molecule has 19 heavy (non-hydrogen) atoms. The maximum Gasteiger partial charge on any atom is 0.231 e. The lowest BCUT2D eigenvalue weighted by Crippen LogP contribution is -2.41. The van der Waals surface area contributed by atoms with Gasteiger partial charge in [0.2, 0.25) is 6.79 Å². The number of nitrogens with zero attached hydrogens (tertiary/aromatic N) is 1. The highest BCUT2D eigenvalue weighted by Gasteiger charge is 2.32. The summed E-state index contributed by atoms with van der Waals surface area (Å²) in [5.41, 5.74) is 0.192. The predicted octanol–water partition coefficient (Wildman–Crippen LogP) is 3.32. The normalized spacial score (nSPS) is 19.2. The van der Waals surface area contributed by atoms with Crippen LogP contribution in [0.15, 0.2) is 24.4 Å². The molecule has 0 bridgehead atoms. The number of rotatable bonds is 2.